The zero-order chi connectivity index (χ0) is 19.8. The van der Waals surface area contributed by atoms with E-state index in [1.807, 2.05) is 25.1 Å². The number of hydrogen-bond donors (Lipinski definition) is 2. The quantitative estimate of drug-likeness (QED) is 0.566. The van der Waals surface area contributed by atoms with Gasteiger partial charge in [0.15, 0.2) is 17.5 Å². The van der Waals surface area contributed by atoms with E-state index in [2.05, 4.69) is 50.9 Å². The van der Waals surface area contributed by atoms with Crippen LogP contribution < -0.4 is 25.0 Å². The van der Waals surface area contributed by atoms with Gasteiger partial charge in [-0.05, 0) is 43.5 Å². The summed E-state index contributed by atoms with van der Waals surface area (Å²) in [4.78, 5) is 6.79. The first-order chi connectivity index (χ1) is 13.7. The molecular formula is C22H30N4O2. The maximum atomic E-state index is 5.57. The average molecular weight is 383 g/mol. The zero-order valence-electron chi connectivity index (χ0n) is 16.9. The Bertz CT molecular complexity index is 779. The lowest BCUT2D eigenvalue weighted by Gasteiger charge is -2.19. The Morgan fingerprint density at radius 2 is 2.00 bits per heavy atom. The molecule has 0 spiro atoms. The summed E-state index contributed by atoms with van der Waals surface area (Å²) in [5.41, 5.74) is 2.21. The lowest BCUT2D eigenvalue weighted by molar-refractivity contribution is 0.311. The van der Waals surface area contributed by atoms with Crippen LogP contribution in [0.15, 0.2) is 53.5 Å². The molecule has 150 valence electrons. The van der Waals surface area contributed by atoms with Crippen LogP contribution >= 0.6 is 0 Å². The minimum Gasteiger partial charge on any atom is -0.493 e. The first kappa shape index (κ1) is 19.9. The summed E-state index contributed by atoms with van der Waals surface area (Å²) in [6.45, 7) is 5.60. The van der Waals surface area contributed by atoms with Gasteiger partial charge in [-0.3, -0.25) is 4.99 Å². The first-order valence-corrected chi connectivity index (χ1v) is 9.82. The number of methoxy groups -OCH3 is 1. The molecular weight excluding hydrogens is 352 g/mol. The smallest absolute Gasteiger partial charge is 0.195 e. The Morgan fingerprint density at radius 1 is 1.18 bits per heavy atom. The number of para-hydroxylation sites is 1. The van der Waals surface area contributed by atoms with Crippen LogP contribution in [0.2, 0.25) is 0 Å². The average Bonchev–Trinajstić information content (AvgIpc) is 3.22. The number of aliphatic imine (C=N–C) groups is 1. The SMILES string of the molecule is CCOc1ccc(NC(=NC)NCC2CCN(c3ccccc3)C2)cc1OC. The van der Waals surface area contributed by atoms with Crippen LogP contribution in [0.3, 0.4) is 0 Å². The topological polar surface area (TPSA) is 58.1 Å². The lowest BCUT2D eigenvalue weighted by atomic mass is 10.1. The number of nitrogens with one attached hydrogen (secondary N) is 2. The minimum absolute atomic E-state index is 0.591. The highest BCUT2D eigenvalue weighted by molar-refractivity contribution is 5.93. The Hall–Kier alpha value is -2.89. The second-order valence-corrected chi connectivity index (χ2v) is 6.81. The summed E-state index contributed by atoms with van der Waals surface area (Å²) in [6, 6.07) is 16.4. The van der Waals surface area contributed by atoms with Crippen molar-refractivity contribution < 1.29 is 9.47 Å². The molecule has 3 rings (SSSR count). The van der Waals surface area contributed by atoms with Crippen molar-refractivity contribution in [2.24, 2.45) is 10.9 Å². The highest BCUT2D eigenvalue weighted by atomic mass is 16.5. The van der Waals surface area contributed by atoms with E-state index in [-0.39, 0.29) is 0 Å². The van der Waals surface area contributed by atoms with Crippen molar-refractivity contribution in [1.82, 2.24) is 5.32 Å². The van der Waals surface area contributed by atoms with E-state index in [4.69, 9.17) is 9.47 Å². The van der Waals surface area contributed by atoms with Gasteiger partial charge in [0.25, 0.3) is 0 Å². The molecule has 1 fully saturated rings. The molecule has 0 radical (unpaired) electrons. The Kier molecular flexibility index (Phi) is 7.00. The maximum Gasteiger partial charge on any atom is 0.195 e. The van der Waals surface area contributed by atoms with Crippen LogP contribution in [0.25, 0.3) is 0 Å². The van der Waals surface area contributed by atoms with Gasteiger partial charge in [0, 0.05) is 44.1 Å². The fraction of sp³-hybridized carbons (Fsp3) is 0.409. The van der Waals surface area contributed by atoms with Crippen LogP contribution in [0, 0.1) is 5.92 Å². The molecule has 1 saturated heterocycles. The van der Waals surface area contributed by atoms with E-state index in [9.17, 15) is 0 Å². The molecule has 6 nitrogen and oxygen atoms in total. The van der Waals surface area contributed by atoms with Gasteiger partial charge in [0.2, 0.25) is 0 Å². The lowest BCUT2D eigenvalue weighted by Crippen LogP contribution is -2.35. The summed E-state index contributed by atoms with van der Waals surface area (Å²) >= 11 is 0. The molecule has 1 aliphatic rings. The fourth-order valence-electron chi connectivity index (χ4n) is 3.45. The van der Waals surface area contributed by atoms with E-state index in [1.54, 1.807) is 14.2 Å². The molecule has 2 N–H and O–H groups in total. The summed E-state index contributed by atoms with van der Waals surface area (Å²) in [5, 5.41) is 6.78. The third-order valence-electron chi connectivity index (χ3n) is 4.92. The van der Waals surface area contributed by atoms with E-state index in [1.165, 1.54) is 12.1 Å². The maximum absolute atomic E-state index is 5.57. The van der Waals surface area contributed by atoms with Gasteiger partial charge in [-0.15, -0.1) is 0 Å². The number of hydrogen-bond acceptors (Lipinski definition) is 4. The van der Waals surface area contributed by atoms with Gasteiger partial charge < -0.3 is 25.0 Å². The molecule has 6 heteroatoms. The number of nitrogens with zero attached hydrogens (tertiary/aromatic N) is 2. The third kappa shape index (κ3) is 5.09. The second kappa shape index (κ2) is 9.88. The van der Waals surface area contributed by atoms with Gasteiger partial charge in [-0.1, -0.05) is 18.2 Å². The first-order valence-electron chi connectivity index (χ1n) is 9.82. The molecule has 1 aliphatic heterocycles. The summed E-state index contributed by atoms with van der Waals surface area (Å²) in [6.07, 6.45) is 1.18. The summed E-state index contributed by atoms with van der Waals surface area (Å²) in [5.74, 6) is 2.79. The van der Waals surface area contributed by atoms with E-state index < -0.39 is 0 Å². The Balaban J connectivity index is 1.53. The number of guanidine groups is 1. The number of benzene rings is 2. The number of ether oxygens (including phenoxy) is 2. The molecule has 1 unspecified atom stereocenters. The van der Waals surface area contributed by atoms with Crippen molar-refractivity contribution in [2.45, 2.75) is 13.3 Å². The molecule has 0 saturated carbocycles. The molecule has 2 aromatic carbocycles. The summed E-state index contributed by atoms with van der Waals surface area (Å²) in [7, 11) is 3.43. The van der Waals surface area contributed by atoms with Crippen LogP contribution in [0.4, 0.5) is 11.4 Å². The van der Waals surface area contributed by atoms with Crippen LogP contribution in [0.1, 0.15) is 13.3 Å². The highest BCUT2D eigenvalue weighted by Gasteiger charge is 2.22. The summed E-state index contributed by atoms with van der Waals surface area (Å²) < 4.78 is 11.0. The predicted molar refractivity (Wildman–Crippen MR) is 116 cm³/mol. The normalized spacial score (nSPS) is 16.8. The standard InChI is InChI=1S/C22H30N4O2/c1-4-28-20-11-10-18(14-21(20)27-3)25-22(23-2)24-15-17-12-13-26(16-17)19-8-6-5-7-9-19/h5-11,14,17H,4,12-13,15-16H2,1-3H3,(H2,23,24,25). The van der Waals surface area contributed by atoms with Crippen LogP contribution in [-0.4, -0.2) is 46.4 Å². The third-order valence-corrected chi connectivity index (χ3v) is 4.92. The van der Waals surface area contributed by atoms with Crippen molar-refractivity contribution in [3.05, 3.63) is 48.5 Å². The highest BCUT2D eigenvalue weighted by Crippen LogP contribution is 2.30. The molecule has 1 atom stereocenters. The van der Waals surface area contributed by atoms with Gasteiger partial charge in [-0.25, -0.2) is 0 Å². The van der Waals surface area contributed by atoms with Gasteiger partial charge in [-0.2, -0.15) is 0 Å². The number of rotatable bonds is 7. The monoisotopic (exact) mass is 382 g/mol. The van der Waals surface area contributed by atoms with Gasteiger partial charge in [0.05, 0.1) is 13.7 Å². The van der Waals surface area contributed by atoms with Gasteiger partial charge >= 0.3 is 0 Å². The molecule has 0 aromatic heterocycles. The molecule has 0 bridgehead atoms. The van der Waals surface area contributed by atoms with Crippen molar-refractivity contribution in [3.8, 4) is 11.5 Å². The second-order valence-electron chi connectivity index (χ2n) is 6.81. The van der Waals surface area contributed by atoms with Crippen molar-refractivity contribution >= 4 is 17.3 Å². The number of anilines is 2. The largest absolute Gasteiger partial charge is 0.493 e. The molecule has 0 aliphatic carbocycles. The van der Waals surface area contributed by atoms with E-state index in [0.29, 0.717) is 18.3 Å². The fourth-order valence-corrected chi connectivity index (χ4v) is 3.45. The van der Waals surface area contributed by atoms with E-state index >= 15 is 0 Å². The molecule has 2 aromatic rings. The van der Waals surface area contributed by atoms with Gasteiger partial charge in [0.1, 0.15) is 0 Å². The predicted octanol–water partition coefficient (Wildman–Crippen LogP) is 3.61. The molecule has 1 heterocycles. The Morgan fingerprint density at radius 3 is 2.71 bits per heavy atom. The molecule has 0 amide bonds. The van der Waals surface area contributed by atoms with Crippen LogP contribution in [-0.2, 0) is 0 Å². The molecule has 28 heavy (non-hydrogen) atoms. The Labute approximate surface area is 167 Å². The van der Waals surface area contributed by atoms with Crippen molar-refractivity contribution in [2.75, 3.05) is 50.6 Å². The van der Waals surface area contributed by atoms with E-state index in [0.717, 1.165) is 37.0 Å². The van der Waals surface area contributed by atoms with Crippen molar-refractivity contribution in [1.29, 1.82) is 0 Å². The minimum atomic E-state index is 0.591. The van der Waals surface area contributed by atoms with Crippen molar-refractivity contribution in [3.63, 3.8) is 0 Å². The zero-order valence-corrected chi connectivity index (χ0v) is 16.9. The van der Waals surface area contributed by atoms with Crippen LogP contribution in [0.5, 0.6) is 11.5 Å².